The van der Waals surface area contributed by atoms with Crippen molar-refractivity contribution in [3.8, 4) is 5.75 Å². The van der Waals surface area contributed by atoms with Gasteiger partial charge in [-0.1, -0.05) is 30.1 Å². The van der Waals surface area contributed by atoms with E-state index in [4.69, 9.17) is 32.7 Å². The van der Waals surface area contributed by atoms with Crippen molar-refractivity contribution in [2.45, 2.75) is 39.3 Å². The van der Waals surface area contributed by atoms with E-state index in [1.54, 1.807) is 26.0 Å². The molecule has 0 radical (unpaired) electrons. The molecule has 2 amide bonds. The molecule has 1 heterocycles. The van der Waals surface area contributed by atoms with Gasteiger partial charge in [-0.3, -0.25) is 0 Å². The quantitative estimate of drug-likeness (QED) is 0.750. The van der Waals surface area contributed by atoms with Crippen LogP contribution in [0.15, 0.2) is 23.4 Å². The van der Waals surface area contributed by atoms with Crippen molar-refractivity contribution in [1.29, 1.82) is 0 Å². The first-order valence-electron chi connectivity index (χ1n) is 7.82. The highest BCUT2D eigenvalue weighted by molar-refractivity contribution is 6.37. The van der Waals surface area contributed by atoms with Gasteiger partial charge in [0.2, 0.25) is 0 Å². The second-order valence-electron chi connectivity index (χ2n) is 5.75. The predicted molar refractivity (Wildman–Crippen MR) is 96.0 cm³/mol. The molecule has 0 fully saturated rings. The van der Waals surface area contributed by atoms with E-state index in [2.05, 4.69) is 10.6 Å². The molecule has 0 saturated carbocycles. The van der Waals surface area contributed by atoms with E-state index in [9.17, 15) is 9.59 Å². The van der Waals surface area contributed by atoms with Crippen LogP contribution < -0.4 is 15.4 Å². The third-order valence-corrected chi connectivity index (χ3v) is 4.19. The lowest BCUT2D eigenvalue weighted by molar-refractivity contribution is -0.143. The summed E-state index contributed by atoms with van der Waals surface area (Å²) in [5.41, 5.74) is 1.39. The predicted octanol–water partition coefficient (Wildman–Crippen LogP) is 3.97. The van der Waals surface area contributed by atoms with Gasteiger partial charge in [0.1, 0.15) is 0 Å². The van der Waals surface area contributed by atoms with Crippen molar-refractivity contribution in [2.75, 3.05) is 7.11 Å². The van der Waals surface area contributed by atoms with Crippen LogP contribution in [-0.2, 0) is 9.53 Å². The summed E-state index contributed by atoms with van der Waals surface area (Å²) >= 11 is 12.4. The summed E-state index contributed by atoms with van der Waals surface area (Å²) in [6.45, 7) is 5.36. The van der Waals surface area contributed by atoms with Crippen LogP contribution in [0.2, 0.25) is 10.0 Å². The van der Waals surface area contributed by atoms with Gasteiger partial charge in [0.15, 0.2) is 5.75 Å². The highest BCUT2D eigenvalue weighted by Crippen LogP contribution is 2.38. The molecule has 1 aliphatic rings. The molecular weight excluding hydrogens is 367 g/mol. The number of carbonyl (C=O) groups is 2. The Morgan fingerprint density at radius 2 is 1.88 bits per heavy atom. The van der Waals surface area contributed by atoms with Gasteiger partial charge >= 0.3 is 12.0 Å². The maximum Gasteiger partial charge on any atom is 0.338 e. The largest absolute Gasteiger partial charge is 0.494 e. The second kappa shape index (κ2) is 7.97. The minimum Gasteiger partial charge on any atom is -0.494 e. The summed E-state index contributed by atoms with van der Waals surface area (Å²) in [5, 5.41) is 5.96. The standard InChI is InChI=1S/C17H20Cl2N2O4/c1-5-12-13(16(22)25-8(2)3)14(21-17(23)20-12)9-6-10(18)15(24-4)11(19)7-9/h6-8,14H,5H2,1-4H3,(H2,20,21,23). The summed E-state index contributed by atoms with van der Waals surface area (Å²) in [4.78, 5) is 24.6. The highest BCUT2D eigenvalue weighted by Gasteiger charge is 2.34. The van der Waals surface area contributed by atoms with Crippen LogP contribution in [-0.4, -0.2) is 25.2 Å². The first kappa shape index (κ1) is 19.4. The Morgan fingerprint density at radius 1 is 1.28 bits per heavy atom. The number of urea groups is 1. The van der Waals surface area contributed by atoms with E-state index in [0.717, 1.165) is 0 Å². The number of nitrogens with one attached hydrogen (secondary N) is 2. The molecule has 8 heteroatoms. The lowest BCUT2D eigenvalue weighted by Crippen LogP contribution is -2.46. The molecule has 1 aromatic carbocycles. The number of amides is 2. The number of rotatable bonds is 5. The Labute approximate surface area is 156 Å². The average molecular weight is 387 g/mol. The van der Waals surface area contributed by atoms with Gasteiger partial charge in [0.05, 0.1) is 34.9 Å². The van der Waals surface area contributed by atoms with Gasteiger partial charge in [-0.15, -0.1) is 0 Å². The fourth-order valence-electron chi connectivity index (χ4n) is 2.61. The fourth-order valence-corrected chi connectivity index (χ4v) is 3.26. The topological polar surface area (TPSA) is 76.7 Å². The molecule has 0 aliphatic carbocycles. The number of hydrogen-bond acceptors (Lipinski definition) is 4. The van der Waals surface area contributed by atoms with Crippen molar-refractivity contribution in [3.05, 3.63) is 39.0 Å². The van der Waals surface area contributed by atoms with E-state index >= 15 is 0 Å². The molecule has 1 aromatic rings. The number of esters is 1. The molecule has 1 unspecified atom stereocenters. The van der Waals surface area contributed by atoms with Crippen LogP contribution in [0.4, 0.5) is 4.79 Å². The van der Waals surface area contributed by atoms with Crippen LogP contribution in [0, 0.1) is 0 Å². The minimum atomic E-state index is -0.726. The van der Waals surface area contributed by atoms with E-state index < -0.39 is 18.0 Å². The molecule has 0 bridgehead atoms. The van der Waals surface area contributed by atoms with E-state index in [1.807, 2.05) is 6.92 Å². The zero-order valence-corrected chi connectivity index (χ0v) is 15.9. The molecule has 136 valence electrons. The molecule has 1 atom stereocenters. The smallest absolute Gasteiger partial charge is 0.338 e. The third kappa shape index (κ3) is 4.19. The first-order valence-corrected chi connectivity index (χ1v) is 8.58. The van der Waals surface area contributed by atoms with Gasteiger partial charge in [0.25, 0.3) is 0 Å². The molecule has 0 saturated heterocycles. The van der Waals surface area contributed by atoms with Crippen LogP contribution in [0.3, 0.4) is 0 Å². The molecule has 1 aliphatic heterocycles. The Hall–Kier alpha value is -1.92. The summed E-state index contributed by atoms with van der Waals surface area (Å²) in [6, 6.07) is 2.08. The van der Waals surface area contributed by atoms with Crippen molar-refractivity contribution in [3.63, 3.8) is 0 Å². The number of benzene rings is 1. The van der Waals surface area contributed by atoms with E-state index in [0.29, 0.717) is 29.0 Å². The van der Waals surface area contributed by atoms with Crippen LogP contribution >= 0.6 is 23.2 Å². The third-order valence-electron chi connectivity index (χ3n) is 3.63. The number of carbonyl (C=O) groups excluding carboxylic acids is 2. The maximum absolute atomic E-state index is 12.6. The maximum atomic E-state index is 12.6. The van der Waals surface area contributed by atoms with Crippen molar-refractivity contribution in [2.24, 2.45) is 0 Å². The average Bonchev–Trinajstić information content (AvgIpc) is 2.52. The number of hydrogen-bond donors (Lipinski definition) is 2. The monoisotopic (exact) mass is 386 g/mol. The summed E-state index contributed by atoms with van der Waals surface area (Å²) < 4.78 is 10.5. The zero-order valence-electron chi connectivity index (χ0n) is 14.4. The number of ether oxygens (including phenoxy) is 2. The van der Waals surface area contributed by atoms with Crippen molar-refractivity contribution in [1.82, 2.24) is 10.6 Å². The number of halogens is 2. The Balaban J connectivity index is 2.56. The molecule has 0 spiro atoms. The lowest BCUT2D eigenvalue weighted by Gasteiger charge is -2.30. The van der Waals surface area contributed by atoms with Gasteiger partial charge in [-0.05, 0) is 38.0 Å². The molecule has 2 rings (SSSR count). The minimum absolute atomic E-state index is 0.285. The Kier molecular flexibility index (Phi) is 6.19. The van der Waals surface area contributed by atoms with Gasteiger partial charge in [0, 0.05) is 5.70 Å². The molecule has 25 heavy (non-hydrogen) atoms. The molecule has 0 aromatic heterocycles. The van der Waals surface area contributed by atoms with Crippen LogP contribution in [0.5, 0.6) is 5.75 Å². The Morgan fingerprint density at radius 3 is 2.36 bits per heavy atom. The number of methoxy groups -OCH3 is 1. The summed E-state index contributed by atoms with van der Waals surface area (Å²) in [6.07, 6.45) is 0.170. The highest BCUT2D eigenvalue weighted by atomic mass is 35.5. The van der Waals surface area contributed by atoms with E-state index in [-0.39, 0.29) is 16.1 Å². The van der Waals surface area contributed by atoms with Gasteiger partial charge < -0.3 is 20.1 Å². The molecule has 6 nitrogen and oxygen atoms in total. The van der Waals surface area contributed by atoms with Crippen molar-refractivity contribution >= 4 is 35.2 Å². The Bertz CT molecular complexity index is 708. The SMILES string of the molecule is CCC1=C(C(=O)OC(C)C)C(c2cc(Cl)c(OC)c(Cl)c2)NC(=O)N1. The molecule has 2 N–H and O–H groups in total. The summed E-state index contributed by atoms with van der Waals surface area (Å²) in [7, 11) is 1.46. The van der Waals surface area contributed by atoms with Gasteiger partial charge in [-0.25, -0.2) is 9.59 Å². The molecular formula is C17H20Cl2N2O4. The van der Waals surface area contributed by atoms with E-state index in [1.165, 1.54) is 7.11 Å². The van der Waals surface area contributed by atoms with Crippen molar-refractivity contribution < 1.29 is 19.1 Å². The lowest BCUT2D eigenvalue weighted by atomic mass is 9.94. The van der Waals surface area contributed by atoms with Gasteiger partial charge in [-0.2, -0.15) is 0 Å². The van der Waals surface area contributed by atoms with Crippen LogP contribution in [0.25, 0.3) is 0 Å². The normalized spacial score (nSPS) is 17.2. The number of allylic oxidation sites excluding steroid dienone is 1. The zero-order chi connectivity index (χ0) is 18.7. The summed E-state index contributed by atoms with van der Waals surface area (Å²) in [5.74, 6) is -0.175. The fraction of sp³-hybridized carbons (Fsp3) is 0.412. The first-order chi connectivity index (χ1) is 11.8. The van der Waals surface area contributed by atoms with Crippen LogP contribution in [0.1, 0.15) is 38.8 Å². The second-order valence-corrected chi connectivity index (χ2v) is 6.56.